The van der Waals surface area contributed by atoms with E-state index < -0.39 is 32.2 Å². The zero-order chi connectivity index (χ0) is 62.6. The van der Waals surface area contributed by atoms with Crippen LogP contribution in [0, 0.1) is 68.6 Å². The van der Waals surface area contributed by atoms with Crippen LogP contribution in [0.1, 0.15) is 24.1 Å². The maximum atomic E-state index is 15.3. The molecule has 9 aromatic rings. The summed E-state index contributed by atoms with van der Waals surface area (Å²) >= 11 is 0. The number of nitro benzene ring substituents is 3. The van der Waals surface area contributed by atoms with Gasteiger partial charge < -0.3 is 57.7 Å². The van der Waals surface area contributed by atoms with E-state index in [0.717, 1.165) is 26.2 Å². The second kappa shape index (κ2) is 23.0. The summed E-state index contributed by atoms with van der Waals surface area (Å²) in [4.78, 5) is 80.4. The number of hydrogen-bond acceptors (Lipinski definition) is 18. The van der Waals surface area contributed by atoms with Crippen molar-refractivity contribution in [3.8, 4) is 51.6 Å². The molecule has 0 saturated carbocycles. The first-order valence-electron chi connectivity index (χ1n) is 28.5. The number of nitrogens with zero attached hydrogens (tertiary/aromatic N) is 11. The van der Waals surface area contributed by atoms with Gasteiger partial charge in [0.15, 0.2) is 68.2 Å². The molecular weight excluding hydrogens is 1170 g/mol. The Hall–Kier alpha value is -10.4. The predicted octanol–water partition coefficient (Wildman–Crippen LogP) is 9.91. The summed E-state index contributed by atoms with van der Waals surface area (Å²) in [6.07, 6.45) is 5.01. The molecule has 27 heteroatoms. The number of anilines is 3. The average molecular weight is 1230 g/mol. The number of hydrogen-bond donors (Lipinski definition) is 1. The van der Waals surface area contributed by atoms with E-state index in [0.29, 0.717) is 103 Å². The van der Waals surface area contributed by atoms with E-state index in [2.05, 4.69) is 15.1 Å². The van der Waals surface area contributed by atoms with Crippen LogP contribution in [-0.2, 0) is 0 Å². The summed E-state index contributed by atoms with van der Waals surface area (Å²) in [6.45, 7) is 13.0. The molecule has 3 fully saturated rings. The minimum absolute atomic E-state index is 0. The summed E-state index contributed by atoms with van der Waals surface area (Å²) < 4.78 is 69.3. The summed E-state index contributed by atoms with van der Waals surface area (Å²) in [5.74, 6) is -0.207. The van der Waals surface area contributed by atoms with Crippen molar-refractivity contribution in [1.29, 1.82) is 0 Å². The predicted molar refractivity (Wildman–Crippen MR) is 334 cm³/mol. The Balaban J connectivity index is 0.000000130. The fourth-order valence-electron chi connectivity index (χ4n) is 12.4. The number of non-ortho nitro benzene ring substituents is 3. The number of rotatable bonds is 6. The van der Waals surface area contributed by atoms with Crippen LogP contribution < -0.4 is 50.5 Å². The molecule has 0 atom stereocenters. The van der Waals surface area contributed by atoms with Crippen molar-refractivity contribution in [3.63, 3.8) is 0 Å². The summed E-state index contributed by atoms with van der Waals surface area (Å²) in [5, 5.41) is 37.6. The topological polar surface area (TPSA) is 251 Å². The highest BCUT2D eigenvalue weighted by molar-refractivity contribution is 5.97. The Morgan fingerprint density at radius 1 is 0.433 bits per heavy atom. The summed E-state index contributed by atoms with van der Waals surface area (Å²) in [6, 6.07) is 16.7. The third kappa shape index (κ3) is 10.1. The van der Waals surface area contributed by atoms with Gasteiger partial charge in [0.05, 0.1) is 66.2 Å². The van der Waals surface area contributed by atoms with Crippen LogP contribution in [0.25, 0.3) is 49.8 Å². The fraction of sp³-hybridized carbons (Fsp3) is 0.286. The van der Waals surface area contributed by atoms with E-state index in [1.54, 1.807) is 71.3 Å². The Bertz CT molecular complexity index is 4550. The number of likely N-dealkylation sites (N-methyl/N-ethyl adjacent to an activating group) is 2. The fourth-order valence-corrected chi connectivity index (χ4v) is 12.4. The molecule has 9 heterocycles. The zero-order valence-electron chi connectivity index (χ0n) is 48.6. The lowest BCUT2D eigenvalue weighted by Gasteiger charge is -2.36. The molecule has 6 aliphatic rings. The van der Waals surface area contributed by atoms with Crippen LogP contribution in [0.2, 0.25) is 0 Å². The van der Waals surface area contributed by atoms with Crippen molar-refractivity contribution in [3.05, 3.63) is 187 Å². The quantitative estimate of drug-likeness (QED) is 0.120. The molecule has 0 bridgehead atoms. The minimum Gasteiger partial charge on any atom is -0.450 e. The van der Waals surface area contributed by atoms with Crippen LogP contribution >= 0.6 is 0 Å². The standard InChI is InChI=1S/2C21H19FN4O4.C20H17FN4O4.CH4/c2*1-12-11-25-16-4-3-13(26(28)29)9-17(16)30-21-18(25)14(20(12)27)10-15(22)19(21)24-7-5-23(2)6-8-24;1-11-10-24-15-3-2-12(25(27)28)8-16(15)29-20-17(24)13(19(11)26)9-14(21)18(20)23-6-4-22-5-7-23;/h2*3-4,9-11H,5-8H2,1-2H3;2-3,8-10,22H,4-7H2,1H3;1H4. The number of aryl methyl sites for hydroxylation is 3. The molecule has 90 heavy (non-hydrogen) atoms. The highest BCUT2D eigenvalue weighted by Gasteiger charge is 2.35. The monoisotopic (exact) mass is 1230 g/mol. The van der Waals surface area contributed by atoms with Crippen molar-refractivity contribution in [1.82, 2.24) is 28.8 Å². The maximum absolute atomic E-state index is 15.3. The van der Waals surface area contributed by atoms with E-state index in [1.807, 2.05) is 28.8 Å². The Labute approximate surface area is 509 Å². The lowest BCUT2D eigenvalue weighted by Crippen LogP contribution is -2.45. The van der Waals surface area contributed by atoms with Crippen molar-refractivity contribution >= 4 is 66.8 Å². The molecule has 0 radical (unpaired) electrons. The minimum atomic E-state index is -0.544. The van der Waals surface area contributed by atoms with Crippen LogP contribution in [0.5, 0.6) is 34.5 Å². The van der Waals surface area contributed by atoms with E-state index in [1.165, 1.54) is 54.6 Å². The van der Waals surface area contributed by atoms with E-state index >= 15 is 13.2 Å². The number of benzene rings is 6. The van der Waals surface area contributed by atoms with E-state index in [4.69, 9.17) is 14.2 Å². The molecule has 464 valence electrons. The normalized spacial score (nSPS) is 15.4. The molecular formula is C63H59F3N12O12. The van der Waals surface area contributed by atoms with Crippen molar-refractivity contribution in [2.24, 2.45) is 0 Å². The van der Waals surface area contributed by atoms with Gasteiger partial charge in [0, 0.05) is 132 Å². The molecule has 15 rings (SSSR count). The molecule has 24 nitrogen and oxygen atoms in total. The second-order valence-corrected chi connectivity index (χ2v) is 22.7. The third-order valence-electron chi connectivity index (χ3n) is 17.0. The summed E-state index contributed by atoms with van der Waals surface area (Å²) in [5.41, 5.74) is 4.14. The Morgan fingerprint density at radius 3 is 0.989 bits per heavy atom. The molecule has 1 N–H and O–H groups in total. The number of ether oxygens (including phenoxy) is 3. The number of fused-ring (bicyclic) bond motifs is 6. The molecule has 0 unspecified atom stereocenters. The van der Waals surface area contributed by atoms with Crippen LogP contribution in [0.3, 0.4) is 0 Å². The average Bonchev–Trinajstić information content (AvgIpc) is 0.740. The van der Waals surface area contributed by atoms with Crippen molar-refractivity contribution < 1.29 is 42.2 Å². The molecule has 6 aromatic carbocycles. The van der Waals surface area contributed by atoms with Gasteiger partial charge in [-0.2, -0.15) is 0 Å². The van der Waals surface area contributed by atoms with Crippen LogP contribution in [-0.4, -0.2) is 131 Å². The Morgan fingerprint density at radius 2 is 0.711 bits per heavy atom. The first-order valence-corrected chi connectivity index (χ1v) is 28.5. The largest absolute Gasteiger partial charge is 0.450 e. The number of nitrogens with one attached hydrogen (secondary N) is 1. The lowest BCUT2D eigenvalue weighted by molar-refractivity contribution is -0.385. The highest BCUT2D eigenvalue weighted by atomic mass is 19.1. The van der Waals surface area contributed by atoms with Crippen LogP contribution in [0.4, 0.5) is 47.3 Å². The van der Waals surface area contributed by atoms with Gasteiger partial charge in [-0.05, 0) is 71.3 Å². The van der Waals surface area contributed by atoms with E-state index in [9.17, 15) is 44.7 Å². The van der Waals surface area contributed by atoms with Crippen LogP contribution in [0.15, 0.2) is 106 Å². The van der Waals surface area contributed by atoms with Gasteiger partial charge in [-0.15, -0.1) is 0 Å². The van der Waals surface area contributed by atoms with Gasteiger partial charge in [-0.25, -0.2) is 13.2 Å². The third-order valence-corrected chi connectivity index (χ3v) is 17.0. The van der Waals surface area contributed by atoms with Gasteiger partial charge in [0.1, 0.15) is 33.6 Å². The van der Waals surface area contributed by atoms with Gasteiger partial charge >= 0.3 is 0 Å². The number of pyridine rings is 3. The Kier molecular flexibility index (Phi) is 15.3. The first kappa shape index (κ1) is 59.9. The highest BCUT2D eigenvalue weighted by Crippen LogP contribution is 2.51. The summed E-state index contributed by atoms with van der Waals surface area (Å²) in [7, 11) is 4.01. The number of halogens is 3. The van der Waals surface area contributed by atoms with Gasteiger partial charge in [-0.3, -0.25) is 44.7 Å². The van der Waals surface area contributed by atoms with Gasteiger partial charge in [0.2, 0.25) is 0 Å². The second-order valence-electron chi connectivity index (χ2n) is 22.7. The molecule has 3 aromatic heterocycles. The molecule has 0 amide bonds. The molecule has 0 spiro atoms. The van der Waals surface area contributed by atoms with E-state index in [-0.39, 0.29) is 108 Å². The van der Waals surface area contributed by atoms with Gasteiger partial charge in [-0.1, -0.05) is 7.43 Å². The SMILES string of the molecule is C.Cc1cn2c3c(c(N4CCN(C)CC4)c(F)cc3c1=O)Oc1cc([N+](=O)[O-])ccc1-2.Cc1cn2c3c(c(N4CCN(C)CC4)c(F)cc3c1=O)Oc1cc([N+](=O)[O-])ccc1-2.Cc1cn2c3c(c(N4CCNCC4)c(F)cc3c1=O)Oc1cc([N+](=O)[O-])ccc1-2. The van der Waals surface area contributed by atoms with Gasteiger partial charge in [0.25, 0.3) is 17.1 Å². The first-order chi connectivity index (χ1) is 42.6. The van der Waals surface area contributed by atoms with Crippen molar-refractivity contribution in [2.45, 2.75) is 28.2 Å². The lowest BCUT2D eigenvalue weighted by atomic mass is 10.1. The molecule has 6 aliphatic heterocycles. The number of nitro groups is 3. The zero-order valence-corrected chi connectivity index (χ0v) is 48.6. The smallest absolute Gasteiger partial charge is 0.273 e. The number of piperazine rings is 3. The molecule has 0 aliphatic carbocycles. The molecule has 3 saturated heterocycles. The number of aromatic nitrogens is 3. The maximum Gasteiger partial charge on any atom is 0.273 e. The van der Waals surface area contributed by atoms with Crippen molar-refractivity contribution in [2.75, 3.05) is 107 Å².